The van der Waals surface area contributed by atoms with Gasteiger partial charge >= 0.3 is 0 Å². The third-order valence-electron chi connectivity index (χ3n) is 3.08. The minimum absolute atomic E-state index is 0.0718. The van der Waals surface area contributed by atoms with Crippen LogP contribution in [0.5, 0.6) is 0 Å². The molecule has 1 N–H and O–H groups in total. The van der Waals surface area contributed by atoms with Crippen molar-refractivity contribution in [3.05, 3.63) is 30.6 Å². The van der Waals surface area contributed by atoms with Crippen molar-refractivity contribution in [1.29, 1.82) is 0 Å². The number of imidazole rings is 1. The lowest BCUT2D eigenvalue weighted by Gasteiger charge is -2.21. The molecule has 0 saturated carbocycles. The van der Waals surface area contributed by atoms with Gasteiger partial charge in [-0.25, -0.2) is 18.1 Å². The molecule has 0 bridgehead atoms. The SMILES string of the molecule is CC(C)C(NS(=O)(=O)c1cnn(C)c1)c1nccn1C. The second-order valence-electron chi connectivity index (χ2n) is 5.09. The first-order chi connectivity index (χ1) is 9.31. The fourth-order valence-electron chi connectivity index (χ4n) is 1.94. The zero-order valence-electron chi connectivity index (χ0n) is 12.0. The predicted octanol–water partition coefficient (Wildman–Crippen LogP) is 0.829. The van der Waals surface area contributed by atoms with Gasteiger partial charge in [0.15, 0.2) is 0 Å². The molecule has 8 heteroatoms. The standard InChI is InChI=1S/C12H19N5O2S/c1-9(2)11(12-13-5-6-16(12)3)15-20(18,19)10-7-14-17(4)8-10/h5-9,11,15H,1-4H3. The van der Waals surface area contributed by atoms with Gasteiger partial charge in [0.25, 0.3) is 0 Å². The highest BCUT2D eigenvalue weighted by Crippen LogP contribution is 2.22. The normalized spacial score (nSPS) is 13.8. The molecule has 0 amide bonds. The first-order valence-corrected chi connectivity index (χ1v) is 7.78. The van der Waals surface area contributed by atoms with Gasteiger partial charge in [0.1, 0.15) is 10.7 Å². The van der Waals surface area contributed by atoms with Gasteiger partial charge in [0.05, 0.1) is 12.2 Å². The molecule has 2 rings (SSSR count). The van der Waals surface area contributed by atoms with Crippen molar-refractivity contribution < 1.29 is 8.42 Å². The zero-order chi connectivity index (χ0) is 14.9. The Labute approximate surface area is 118 Å². The molecule has 2 aromatic heterocycles. The maximum atomic E-state index is 12.4. The second kappa shape index (κ2) is 5.37. The maximum Gasteiger partial charge on any atom is 0.244 e. The minimum Gasteiger partial charge on any atom is -0.337 e. The molecule has 0 saturated heterocycles. The van der Waals surface area contributed by atoms with Crippen molar-refractivity contribution in [2.24, 2.45) is 20.0 Å². The highest BCUT2D eigenvalue weighted by Gasteiger charge is 2.27. The van der Waals surface area contributed by atoms with Crippen LogP contribution in [0.15, 0.2) is 29.7 Å². The largest absolute Gasteiger partial charge is 0.337 e. The maximum absolute atomic E-state index is 12.4. The number of nitrogens with zero attached hydrogens (tertiary/aromatic N) is 4. The van der Waals surface area contributed by atoms with E-state index in [2.05, 4.69) is 14.8 Å². The molecule has 0 aliphatic carbocycles. The van der Waals surface area contributed by atoms with Crippen LogP contribution in [0, 0.1) is 5.92 Å². The molecule has 2 heterocycles. The van der Waals surface area contributed by atoms with Crippen LogP contribution in [0.4, 0.5) is 0 Å². The zero-order valence-corrected chi connectivity index (χ0v) is 12.8. The van der Waals surface area contributed by atoms with Gasteiger partial charge in [-0.1, -0.05) is 13.8 Å². The first kappa shape index (κ1) is 14.7. The van der Waals surface area contributed by atoms with Gasteiger partial charge in [0.2, 0.25) is 10.0 Å². The average Bonchev–Trinajstić information content (AvgIpc) is 2.95. The number of aryl methyl sites for hydroxylation is 2. The van der Waals surface area contributed by atoms with E-state index in [9.17, 15) is 8.42 Å². The second-order valence-corrected chi connectivity index (χ2v) is 6.80. The summed E-state index contributed by atoms with van der Waals surface area (Å²) < 4.78 is 30.7. The van der Waals surface area contributed by atoms with E-state index in [0.29, 0.717) is 5.82 Å². The van der Waals surface area contributed by atoms with Gasteiger partial charge in [-0.05, 0) is 5.92 Å². The minimum atomic E-state index is -3.61. The molecule has 0 spiro atoms. The summed E-state index contributed by atoms with van der Waals surface area (Å²) in [5.41, 5.74) is 0. The van der Waals surface area contributed by atoms with E-state index >= 15 is 0 Å². The van der Waals surface area contributed by atoms with Crippen LogP contribution < -0.4 is 4.72 Å². The summed E-state index contributed by atoms with van der Waals surface area (Å²) in [4.78, 5) is 4.39. The summed E-state index contributed by atoms with van der Waals surface area (Å²) >= 11 is 0. The molecule has 20 heavy (non-hydrogen) atoms. The lowest BCUT2D eigenvalue weighted by Crippen LogP contribution is -2.33. The van der Waals surface area contributed by atoms with Crippen molar-refractivity contribution in [3.63, 3.8) is 0 Å². The van der Waals surface area contributed by atoms with Crippen LogP contribution in [0.3, 0.4) is 0 Å². The van der Waals surface area contributed by atoms with E-state index in [-0.39, 0.29) is 16.9 Å². The topological polar surface area (TPSA) is 81.8 Å². The molecular formula is C12H19N5O2S. The highest BCUT2D eigenvalue weighted by atomic mass is 32.2. The van der Waals surface area contributed by atoms with Crippen LogP contribution in [-0.2, 0) is 24.1 Å². The Bertz CT molecular complexity index is 686. The Hall–Kier alpha value is -1.67. The van der Waals surface area contributed by atoms with Gasteiger partial charge in [-0.2, -0.15) is 5.10 Å². The number of rotatable bonds is 5. The molecule has 0 aliphatic rings. The van der Waals surface area contributed by atoms with E-state index in [1.54, 1.807) is 19.4 Å². The summed E-state index contributed by atoms with van der Waals surface area (Å²) in [7, 11) is -0.0915. The Morgan fingerprint density at radius 3 is 2.45 bits per heavy atom. The summed E-state index contributed by atoms with van der Waals surface area (Å²) in [5, 5.41) is 3.89. The van der Waals surface area contributed by atoms with Crippen molar-refractivity contribution >= 4 is 10.0 Å². The molecule has 0 radical (unpaired) electrons. The van der Waals surface area contributed by atoms with Crippen LogP contribution in [0.25, 0.3) is 0 Å². The third-order valence-corrected chi connectivity index (χ3v) is 4.47. The third kappa shape index (κ3) is 2.91. The van der Waals surface area contributed by atoms with E-state index in [0.717, 1.165) is 0 Å². The summed E-state index contributed by atoms with van der Waals surface area (Å²) in [6.07, 6.45) is 6.25. The molecular weight excluding hydrogens is 278 g/mol. The highest BCUT2D eigenvalue weighted by molar-refractivity contribution is 7.89. The Morgan fingerprint density at radius 2 is 2.00 bits per heavy atom. The molecule has 1 unspecified atom stereocenters. The van der Waals surface area contributed by atoms with Gasteiger partial charge in [-0.15, -0.1) is 0 Å². The average molecular weight is 297 g/mol. The van der Waals surface area contributed by atoms with Crippen LogP contribution in [-0.4, -0.2) is 27.7 Å². The lowest BCUT2D eigenvalue weighted by atomic mass is 10.1. The van der Waals surface area contributed by atoms with Crippen molar-refractivity contribution in [2.45, 2.75) is 24.8 Å². The Morgan fingerprint density at radius 1 is 1.30 bits per heavy atom. The van der Waals surface area contributed by atoms with Crippen molar-refractivity contribution in [2.75, 3.05) is 0 Å². The smallest absolute Gasteiger partial charge is 0.244 e. The number of hydrogen-bond acceptors (Lipinski definition) is 4. The summed E-state index contributed by atoms with van der Waals surface area (Å²) in [5.74, 6) is 0.759. The Kier molecular flexibility index (Phi) is 3.96. The van der Waals surface area contributed by atoms with E-state index in [1.807, 2.05) is 25.5 Å². The van der Waals surface area contributed by atoms with E-state index in [4.69, 9.17) is 0 Å². The van der Waals surface area contributed by atoms with E-state index in [1.165, 1.54) is 17.1 Å². The van der Waals surface area contributed by atoms with Crippen molar-refractivity contribution in [3.8, 4) is 0 Å². The van der Waals surface area contributed by atoms with E-state index < -0.39 is 10.0 Å². The number of aromatic nitrogens is 4. The Balaban J connectivity index is 2.32. The quantitative estimate of drug-likeness (QED) is 0.886. The van der Waals surface area contributed by atoms with Gasteiger partial charge in [-0.3, -0.25) is 4.68 Å². The van der Waals surface area contributed by atoms with Crippen LogP contribution in [0.1, 0.15) is 25.7 Å². The molecule has 7 nitrogen and oxygen atoms in total. The number of hydrogen-bond donors (Lipinski definition) is 1. The molecule has 0 aromatic carbocycles. The van der Waals surface area contributed by atoms with Gasteiger partial charge < -0.3 is 4.57 Å². The first-order valence-electron chi connectivity index (χ1n) is 6.29. The predicted molar refractivity (Wildman–Crippen MR) is 74.3 cm³/mol. The lowest BCUT2D eigenvalue weighted by molar-refractivity contribution is 0.435. The molecule has 0 aliphatic heterocycles. The molecule has 1 atom stereocenters. The fraction of sp³-hybridized carbons (Fsp3) is 0.500. The molecule has 2 aromatic rings. The summed E-state index contributed by atoms with van der Waals surface area (Å²) in [6.45, 7) is 3.90. The van der Waals surface area contributed by atoms with Gasteiger partial charge in [0, 0.05) is 32.7 Å². The monoisotopic (exact) mass is 297 g/mol. The number of nitrogens with one attached hydrogen (secondary N) is 1. The molecule has 0 fully saturated rings. The van der Waals surface area contributed by atoms with Crippen LogP contribution >= 0.6 is 0 Å². The number of sulfonamides is 1. The van der Waals surface area contributed by atoms with Crippen molar-refractivity contribution in [1.82, 2.24) is 24.1 Å². The summed E-state index contributed by atoms with van der Waals surface area (Å²) in [6, 6.07) is -0.389. The fourth-order valence-corrected chi connectivity index (χ4v) is 3.26. The van der Waals surface area contributed by atoms with Crippen LogP contribution in [0.2, 0.25) is 0 Å². The molecule has 110 valence electrons.